The fourth-order valence-electron chi connectivity index (χ4n) is 1.95. The predicted octanol–water partition coefficient (Wildman–Crippen LogP) is 0.0868. The van der Waals surface area contributed by atoms with Crippen LogP contribution in [0.2, 0.25) is 0 Å². The average molecular weight is 263 g/mol. The maximum absolute atomic E-state index is 11.9. The summed E-state index contributed by atoms with van der Waals surface area (Å²) in [4.78, 5) is 11.9. The summed E-state index contributed by atoms with van der Waals surface area (Å²) in [5.41, 5.74) is 0. The monoisotopic (exact) mass is 263 g/mol. The number of carbonyl (C=O) groups excluding carboxylic acids is 1. The van der Waals surface area contributed by atoms with E-state index in [2.05, 4.69) is 5.32 Å². The third-order valence-corrected chi connectivity index (χ3v) is 5.37. The summed E-state index contributed by atoms with van der Waals surface area (Å²) in [6.45, 7) is 3.57. The van der Waals surface area contributed by atoms with Gasteiger partial charge in [-0.2, -0.15) is 0 Å². The molecule has 0 aromatic heterocycles. The van der Waals surface area contributed by atoms with Crippen LogP contribution in [0.3, 0.4) is 0 Å². The van der Waals surface area contributed by atoms with Crippen molar-refractivity contribution in [2.45, 2.75) is 44.4 Å². The highest BCUT2D eigenvalue weighted by molar-refractivity contribution is 7.92. The lowest BCUT2D eigenvalue weighted by atomic mass is 10.0. The third-order valence-electron chi connectivity index (χ3n) is 3.20. The van der Waals surface area contributed by atoms with Crippen LogP contribution in [0.1, 0.15) is 33.1 Å². The van der Waals surface area contributed by atoms with Crippen LogP contribution in [0, 0.1) is 5.92 Å². The first kappa shape index (κ1) is 14.4. The first-order valence-corrected chi connectivity index (χ1v) is 7.73. The van der Waals surface area contributed by atoms with Crippen LogP contribution < -0.4 is 5.32 Å². The van der Waals surface area contributed by atoms with Crippen molar-refractivity contribution in [3.8, 4) is 0 Å². The van der Waals surface area contributed by atoms with Gasteiger partial charge in [-0.05, 0) is 18.8 Å². The normalized spacial score (nSPS) is 25.5. The molecule has 1 heterocycles. The Labute approximate surface area is 103 Å². The Bertz CT molecular complexity index is 364. The summed E-state index contributed by atoms with van der Waals surface area (Å²) < 4.78 is 23.5. The zero-order valence-electron chi connectivity index (χ0n) is 10.3. The molecule has 2 N–H and O–H groups in total. The van der Waals surface area contributed by atoms with Crippen molar-refractivity contribution in [2.24, 2.45) is 5.92 Å². The molecular formula is C11H21NO4S. The molecule has 0 radical (unpaired) electrons. The number of rotatable bonds is 4. The number of amides is 1. The maximum atomic E-state index is 11.9. The van der Waals surface area contributed by atoms with Gasteiger partial charge in [0.2, 0.25) is 5.91 Å². The molecule has 6 heteroatoms. The van der Waals surface area contributed by atoms with Gasteiger partial charge in [0.1, 0.15) is 5.25 Å². The molecule has 1 saturated heterocycles. The van der Waals surface area contributed by atoms with Gasteiger partial charge in [-0.3, -0.25) is 4.79 Å². The lowest BCUT2D eigenvalue weighted by molar-refractivity contribution is -0.122. The second kappa shape index (κ2) is 5.82. The molecule has 17 heavy (non-hydrogen) atoms. The molecule has 1 fully saturated rings. The molecule has 100 valence electrons. The van der Waals surface area contributed by atoms with Crippen molar-refractivity contribution in [1.29, 1.82) is 0 Å². The number of hydrogen-bond acceptors (Lipinski definition) is 4. The molecule has 2 atom stereocenters. The highest BCUT2D eigenvalue weighted by Gasteiger charge is 2.35. The molecule has 0 aliphatic carbocycles. The SMILES string of the molecule is CC(C)C(CO)NC(=O)C1CCCCS1(=O)=O. The molecule has 1 amide bonds. The van der Waals surface area contributed by atoms with Gasteiger partial charge in [0.05, 0.1) is 18.4 Å². The number of aliphatic hydroxyl groups is 1. The van der Waals surface area contributed by atoms with Crippen molar-refractivity contribution >= 4 is 15.7 Å². The lowest BCUT2D eigenvalue weighted by Crippen LogP contribution is -2.49. The molecule has 0 aromatic carbocycles. The van der Waals surface area contributed by atoms with Crippen molar-refractivity contribution in [1.82, 2.24) is 5.32 Å². The van der Waals surface area contributed by atoms with Crippen LogP contribution in [0.5, 0.6) is 0 Å². The van der Waals surface area contributed by atoms with E-state index < -0.39 is 21.0 Å². The van der Waals surface area contributed by atoms with E-state index in [0.29, 0.717) is 12.8 Å². The van der Waals surface area contributed by atoms with Crippen LogP contribution in [0.25, 0.3) is 0 Å². The largest absolute Gasteiger partial charge is 0.394 e. The number of hydrogen-bond donors (Lipinski definition) is 2. The van der Waals surface area contributed by atoms with Crippen molar-refractivity contribution in [3.63, 3.8) is 0 Å². The fourth-order valence-corrected chi connectivity index (χ4v) is 3.76. The molecule has 5 nitrogen and oxygen atoms in total. The van der Waals surface area contributed by atoms with Crippen LogP contribution in [-0.4, -0.2) is 43.1 Å². The molecule has 0 spiro atoms. The minimum atomic E-state index is -3.30. The Morgan fingerprint density at radius 1 is 1.41 bits per heavy atom. The van der Waals surface area contributed by atoms with E-state index >= 15 is 0 Å². The number of aliphatic hydroxyl groups excluding tert-OH is 1. The standard InChI is InChI=1S/C11H21NO4S/c1-8(2)9(7-13)12-11(14)10-5-3-4-6-17(10,15)16/h8-10,13H,3-7H2,1-2H3,(H,12,14). The van der Waals surface area contributed by atoms with Crippen molar-refractivity contribution in [3.05, 3.63) is 0 Å². The molecule has 0 aromatic rings. The van der Waals surface area contributed by atoms with E-state index in [1.54, 1.807) is 0 Å². The van der Waals surface area contributed by atoms with Crippen molar-refractivity contribution in [2.75, 3.05) is 12.4 Å². The van der Waals surface area contributed by atoms with E-state index in [4.69, 9.17) is 5.11 Å². The van der Waals surface area contributed by atoms with Gasteiger partial charge in [-0.1, -0.05) is 20.3 Å². The summed E-state index contributed by atoms with van der Waals surface area (Å²) in [5.74, 6) is -0.288. The van der Waals surface area contributed by atoms with E-state index in [-0.39, 0.29) is 24.3 Å². The van der Waals surface area contributed by atoms with Gasteiger partial charge >= 0.3 is 0 Å². The van der Waals surface area contributed by atoms with Gasteiger partial charge in [0, 0.05) is 0 Å². The first-order chi connectivity index (χ1) is 7.88. The highest BCUT2D eigenvalue weighted by Crippen LogP contribution is 2.20. The first-order valence-electron chi connectivity index (χ1n) is 6.01. The molecule has 1 aliphatic rings. The second-order valence-corrected chi connectivity index (χ2v) is 7.20. The van der Waals surface area contributed by atoms with Crippen LogP contribution >= 0.6 is 0 Å². The summed E-state index contributed by atoms with van der Waals surface area (Å²) in [6, 6.07) is -0.375. The Hall–Kier alpha value is -0.620. The number of carbonyl (C=O) groups is 1. The highest BCUT2D eigenvalue weighted by atomic mass is 32.2. The molecule has 1 aliphatic heterocycles. The molecular weight excluding hydrogens is 242 g/mol. The molecule has 0 bridgehead atoms. The quantitative estimate of drug-likeness (QED) is 0.753. The fraction of sp³-hybridized carbons (Fsp3) is 0.909. The zero-order valence-corrected chi connectivity index (χ0v) is 11.2. The van der Waals surface area contributed by atoms with Gasteiger partial charge in [-0.25, -0.2) is 8.42 Å². The van der Waals surface area contributed by atoms with Crippen LogP contribution in [0.15, 0.2) is 0 Å². The molecule has 2 unspecified atom stereocenters. The Kier molecular flexibility index (Phi) is 4.94. The topological polar surface area (TPSA) is 83.5 Å². The van der Waals surface area contributed by atoms with E-state index in [1.165, 1.54) is 0 Å². The van der Waals surface area contributed by atoms with Gasteiger partial charge < -0.3 is 10.4 Å². The number of sulfone groups is 1. The predicted molar refractivity (Wildman–Crippen MR) is 65.3 cm³/mol. The van der Waals surface area contributed by atoms with E-state index in [9.17, 15) is 13.2 Å². The summed E-state index contributed by atoms with van der Waals surface area (Å²) in [7, 11) is -3.30. The van der Waals surface area contributed by atoms with E-state index in [1.807, 2.05) is 13.8 Å². The summed E-state index contributed by atoms with van der Waals surface area (Å²) in [6.07, 6.45) is 1.80. The maximum Gasteiger partial charge on any atom is 0.238 e. The van der Waals surface area contributed by atoms with Crippen molar-refractivity contribution < 1.29 is 18.3 Å². The Morgan fingerprint density at radius 3 is 2.53 bits per heavy atom. The molecule has 1 rings (SSSR count). The second-order valence-electron chi connectivity index (χ2n) is 4.89. The summed E-state index contributed by atoms with van der Waals surface area (Å²) in [5, 5.41) is 10.8. The van der Waals surface area contributed by atoms with Gasteiger partial charge in [-0.15, -0.1) is 0 Å². The third kappa shape index (κ3) is 3.67. The summed E-state index contributed by atoms with van der Waals surface area (Å²) >= 11 is 0. The smallest absolute Gasteiger partial charge is 0.238 e. The van der Waals surface area contributed by atoms with Gasteiger partial charge in [0.25, 0.3) is 0 Å². The Morgan fingerprint density at radius 2 is 2.06 bits per heavy atom. The van der Waals surface area contributed by atoms with Crippen LogP contribution in [-0.2, 0) is 14.6 Å². The van der Waals surface area contributed by atoms with E-state index in [0.717, 1.165) is 6.42 Å². The lowest BCUT2D eigenvalue weighted by Gasteiger charge is -2.25. The zero-order chi connectivity index (χ0) is 13.1. The van der Waals surface area contributed by atoms with Gasteiger partial charge in [0.15, 0.2) is 9.84 Å². The average Bonchev–Trinajstić information content (AvgIpc) is 2.24. The van der Waals surface area contributed by atoms with Crippen LogP contribution in [0.4, 0.5) is 0 Å². The number of nitrogens with one attached hydrogen (secondary N) is 1. The minimum absolute atomic E-state index is 0.0789. The minimum Gasteiger partial charge on any atom is -0.394 e. The Balaban J connectivity index is 2.69. The molecule has 0 saturated carbocycles.